The molecule has 1 heterocycles. The highest BCUT2D eigenvalue weighted by atomic mass is 16.3. The summed E-state index contributed by atoms with van der Waals surface area (Å²) < 4.78 is 7.22. The lowest BCUT2D eigenvalue weighted by Gasteiger charge is -2.36. The lowest BCUT2D eigenvalue weighted by Crippen LogP contribution is -2.52. The van der Waals surface area contributed by atoms with E-state index in [9.17, 15) is 0 Å². The number of hydrogen-bond acceptors (Lipinski definition) is 4. The van der Waals surface area contributed by atoms with E-state index >= 15 is 0 Å². The van der Waals surface area contributed by atoms with Crippen molar-refractivity contribution in [3.63, 3.8) is 0 Å². The van der Waals surface area contributed by atoms with Crippen molar-refractivity contribution >= 4 is 28.8 Å². The Kier molecular flexibility index (Phi) is 27.3. The molecule has 0 aliphatic heterocycles. The first-order valence-corrected chi connectivity index (χ1v) is 31.1. The highest BCUT2D eigenvalue weighted by Gasteiger charge is 2.38. The van der Waals surface area contributed by atoms with Gasteiger partial charge in [0.05, 0.1) is 5.66 Å². The quantitative estimate of drug-likeness (QED) is 0.0383. The van der Waals surface area contributed by atoms with Gasteiger partial charge in [0.1, 0.15) is 5.58 Å². The van der Waals surface area contributed by atoms with Crippen LogP contribution in [0.2, 0.25) is 0 Å². The average molecular weight is 1110 g/mol. The molecule has 444 valence electrons. The molecular weight excluding hydrogens is 1010 g/mol. The SMILES string of the molecule is C=CCC(C=C)/C(C=C)=C/C=C/N(C1=CC(NC/C=C(\C(=C/CC)C(C)(C)C)C(C)(C)C)=C(B(c2ccc(C(C)CCCC)cc2)c2cc3cc(C(C)(C)C)ccc3o2)C(N/C=C/CC(C=C)C(C)C)C1)/C(C=C)=C/C=C/C(/C=C\C)=C/C. The number of nitrogens with one attached hydrogen (secondary N) is 2. The molecule has 1 aliphatic carbocycles. The zero-order valence-corrected chi connectivity index (χ0v) is 54.6. The van der Waals surface area contributed by atoms with Gasteiger partial charge in [-0.1, -0.05) is 238 Å². The highest BCUT2D eigenvalue weighted by Crippen LogP contribution is 2.41. The molecule has 0 saturated carbocycles. The van der Waals surface area contributed by atoms with Gasteiger partial charge in [-0.05, 0) is 161 Å². The molecule has 2 N–H and O–H groups in total. The minimum atomic E-state index is -0.273. The first-order valence-electron chi connectivity index (χ1n) is 31.1. The maximum atomic E-state index is 7.22. The van der Waals surface area contributed by atoms with E-state index in [0.717, 1.165) is 70.5 Å². The second-order valence-corrected chi connectivity index (χ2v) is 25.9. The Labute approximate surface area is 507 Å². The van der Waals surface area contributed by atoms with E-state index in [1.54, 1.807) is 0 Å². The third-order valence-electron chi connectivity index (χ3n) is 16.1. The van der Waals surface area contributed by atoms with Crippen molar-refractivity contribution in [2.45, 2.75) is 173 Å². The fraction of sp³-hybridized carbons (Fsp3) is 0.410. The molecule has 83 heavy (non-hydrogen) atoms. The average Bonchev–Trinajstić information content (AvgIpc) is 2.81. The van der Waals surface area contributed by atoms with Crippen LogP contribution in [-0.4, -0.2) is 24.2 Å². The maximum absolute atomic E-state index is 7.22. The lowest BCUT2D eigenvalue weighted by molar-refractivity contribution is 0.443. The fourth-order valence-corrected chi connectivity index (χ4v) is 11.1. The van der Waals surface area contributed by atoms with Crippen LogP contribution in [0, 0.1) is 28.6 Å². The molecular formula is C78H108BN3O. The number of furan rings is 1. The van der Waals surface area contributed by atoms with E-state index in [4.69, 9.17) is 4.42 Å². The summed E-state index contributed by atoms with van der Waals surface area (Å²) in [5.74, 6) is 1.34. The molecule has 4 atom stereocenters. The number of allylic oxidation sites excluding steroid dienone is 20. The molecule has 2 aromatic carbocycles. The smallest absolute Gasteiger partial charge is 0.287 e. The van der Waals surface area contributed by atoms with E-state index < -0.39 is 0 Å². The Morgan fingerprint density at radius 2 is 1.51 bits per heavy atom. The summed E-state index contributed by atoms with van der Waals surface area (Å²) in [7, 11) is 0. The zero-order valence-electron chi connectivity index (χ0n) is 54.6. The van der Waals surface area contributed by atoms with E-state index in [2.05, 4.69) is 292 Å². The Bertz CT molecular complexity index is 2990. The number of nitrogens with zero attached hydrogens (tertiary/aromatic N) is 1. The van der Waals surface area contributed by atoms with Gasteiger partial charge in [0.25, 0.3) is 6.71 Å². The first kappa shape index (κ1) is 68.8. The second kappa shape index (κ2) is 33.0. The predicted molar refractivity (Wildman–Crippen MR) is 370 cm³/mol. The maximum Gasteiger partial charge on any atom is 0.287 e. The molecule has 4 rings (SSSR count). The zero-order chi connectivity index (χ0) is 61.5. The van der Waals surface area contributed by atoms with Gasteiger partial charge in [0.15, 0.2) is 0 Å². The number of fused-ring (bicyclic) bond motifs is 1. The van der Waals surface area contributed by atoms with E-state index in [1.807, 2.05) is 31.2 Å². The molecule has 0 amide bonds. The molecule has 1 aliphatic rings. The topological polar surface area (TPSA) is 40.4 Å². The summed E-state index contributed by atoms with van der Waals surface area (Å²) in [4.78, 5) is 2.30. The Hall–Kier alpha value is -6.72. The van der Waals surface area contributed by atoms with Gasteiger partial charge in [0, 0.05) is 53.6 Å². The van der Waals surface area contributed by atoms with Crippen molar-refractivity contribution in [2.75, 3.05) is 6.54 Å². The molecule has 1 aromatic heterocycles. The summed E-state index contributed by atoms with van der Waals surface area (Å²) >= 11 is 0. The molecule has 4 unspecified atom stereocenters. The van der Waals surface area contributed by atoms with Crippen molar-refractivity contribution in [1.29, 1.82) is 0 Å². The van der Waals surface area contributed by atoms with Crippen LogP contribution in [0.1, 0.15) is 173 Å². The summed E-state index contributed by atoms with van der Waals surface area (Å²) in [6.45, 7) is 57.9. The Morgan fingerprint density at radius 3 is 2.07 bits per heavy atom. The molecule has 0 spiro atoms. The normalized spacial score (nSPS) is 16.8. The monoisotopic (exact) mass is 1110 g/mol. The van der Waals surface area contributed by atoms with E-state index in [0.29, 0.717) is 30.7 Å². The van der Waals surface area contributed by atoms with Crippen molar-refractivity contribution in [1.82, 2.24) is 15.5 Å². The summed E-state index contributed by atoms with van der Waals surface area (Å²) in [6.07, 6.45) is 47.6. The minimum absolute atomic E-state index is 0.0297. The van der Waals surface area contributed by atoms with Crippen LogP contribution in [0.25, 0.3) is 11.0 Å². The van der Waals surface area contributed by atoms with Gasteiger partial charge in [0.2, 0.25) is 0 Å². The number of benzene rings is 2. The third kappa shape index (κ3) is 20.0. The molecule has 3 aromatic rings. The molecule has 0 radical (unpaired) electrons. The predicted octanol–water partition coefficient (Wildman–Crippen LogP) is 20.4. The van der Waals surface area contributed by atoms with Gasteiger partial charge in [-0.3, -0.25) is 0 Å². The largest absolute Gasteiger partial charge is 0.470 e. The van der Waals surface area contributed by atoms with Crippen molar-refractivity contribution < 1.29 is 4.42 Å². The minimum Gasteiger partial charge on any atom is -0.470 e. The number of rotatable bonds is 31. The summed E-state index contributed by atoms with van der Waals surface area (Å²) in [5, 5.41) is 9.36. The van der Waals surface area contributed by atoms with E-state index in [-0.39, 0.29) is 34.9 Å². The van der Waals surface area contributed by atoms with Crippen LogP contribution in [0.3, 0.4) is 0 Å². The standard InChI is InChI=1S/C78H108BN3O/c1-22-31-38-58(12)63-43-46-66(47-44-63)79(74-54-64-53-65(76(13,14)15)45-48-73(64)83-74)75-71(80-50-33-40-60(27-6)57(10)11)55-68(56-72(75)81-51-49-70(78(19,20)21)69(37-25-4)77(16,17)18)82(52-34-41-62(29-8)61(28-7)36-24-3)67(30-9)42-32-39-59(26-5)35-23-2/h23-24,26-30,32-35,37,39,41-50,52-54,56-58,60-61,71,80-81H,3,6-9,22,25,31,36,38,40,51,55H2,1-2,4-5,10-21H3/b35-23-,39-32+,50-33+,52-34+,59-26+,62-41+,67-42+,69-37+,70-49+. The van der Waals surface area contributed by atoms with Crippen LogP contribution in [-0.2, 0) is 5.41 Å². The number of hydrogen-bond donors (Lipinski definition) is 2. The van der Waals surface area contributed by atoms with Gasteiger partial charge in [-0.2, -0.15) is 0 Å². The molecule has 0 bridgehead atoms. The molecule has 0 saturated heterocycles. The van der Waals surface area contributed by atoms with Gasteiger partial charge >= 0.3 is 0 Å². The Balaban J connectivity index is 2.29. The van der Waals surface area contributed by atoms with E-state index in [1.165, 1.54) is 46.1 Å². The summed E-state index contributed by atoms with van der Waals surface area (Å²) in [6, 6.07) is 18.3. The molecule has 5 heteroatoms. The number of unbranched alkanes of at least 4 members (excludes halogenated alkanes) is 1. The van der Waals surface area contributed by atoms with Crippen LogP contribution in [0.4, 0.5) is 0 Å². The third-order valence-corrected chi connectivity index (χ3v) is 16.1. The van der Waals surface area contributed by atoms with Gasteiger partial charge < -0.3 is 20.0 Å². The van der Waals surface area contributed by atoms with Crippen molar-refractivity contribution in [3.05, 3.63) is 253 Å². The van der Waals surface area contributed by atoms with Crippen LogP contribution >= 0.6 is 0 Å². The second-order valence-electron chi connectivity index (χ2n) is 25.9. The Morgan fingerprint density at radius 1 is 0.807 bits per heavy atom. The fourth-order valence-electron chi connectivity index (χ4n) is 11.1. The van der Waals surface area contributed by atoms with Crippen molar-refractivity contribution in [3.8, 4) is 0 Å². The van der Waals surface area contributed by atoms with Crippen LogP contribution < -0.4 is 21.8 Å². The summed E-state index contributed by atoms with van der Waals surface area (Å²) in [5.41, 5.74) is 14.6. The highest BCUT2D eigenvalue weighted by molar-refractivity contribution is 6.90. The van der Waals surface area contributed by atoms with Crippen LogP contribution in [0.15, 0.2) is 246 Å². The lowest BCUT2D eigenvalue weighted by atomic mass is 9.36. The first-order chi connectivity index (χ1) is 39.4. The van der Waals surface area contributed by atoms with Crippen LogP contribution in [0.5, 0.6) is 0 Å². The molecule has 0 fully saturated rings. The van der Waals surface area contributed by atoms with Gasteiger partial charge in [-0.15, -0.1) is 19.7 Å². The van der Waals surface area contributed by atoms with Gasteiger partial charge in [-0.25, -0.2) is 0 Å². The van der Waals surface area contributed by atoms with Crippen molar-refractivity contribution in [2.24, 2.45) is 28.6 Å². The molecule has 4 nitrogen and oxygen atoms in total.